The second-order valence-electron chi connectivity index (χ2n) is 2.62. The van der Waals surface area contributed by atoms with Gasteiger partial charge >= 0.3 is 0 Å². The lowest BCUT2D eigenvalue weighted by atomic mass is 10.1. The van der Waals surface area contributed by atoms with E-state index in [1.807, 2.05) is 18.2 Å². The Morgan fingerprint density at radius 2 is 1.64 bits per heavy atom. The Morgan fingerprint density at radius 1 is 1.09 bits per heavy atom. The lowest BCUT2D eigenvalue weighted by Crippen LogP contribution is -1.84. The zero-order valence-electron chi connectivity index (χ0n) is 6.80. The summed E-state index contributed by atoms with van der Waals surface area (Å²) >= 11 is 0. The van der Waals surface area contributed by atoms with E-state index in [1.165, 1.54) is 5.56 Å². The van der Waals surface area contributed by atoms with Gasteiger partial charge in [0.05, 0.1) is 0 Å². The molecule has 0 radical (unpaired) electrons. The summed E-state index contributed by atoms with van der Waals surface area (Å²) in [6, 6.07) is 10.2. The Bertz CT molecular complexity index is 272. The van der Waals surface area contributed by atoms with Crippen LogP contribution in [0.4, 0.5) is 0 Å². The van der Waals surface area contributed by atoms with Crippen LogP contribution in [-0.2, 0) is 0 Å². The summed E-state index contributed by atoms with van der Waals surface area (Å²) in [7, 11) is 0.994. The van der Waals surface area contributed by atoms with Gasteiger partial charge < -0.3 is 0 Å². The minimum Gasteiger partial charge on any atom is -0.100 e. The van der Waals surface area contributed by atoms with Crippen LogP contribution in [0.5, 0.6) is 0 Å². The molecule has 1 aromatic rings. The van der Waals surface area contributed by atoms with Crippen molar-refractivity contribution in [3.8, 4) is 0 Å². The van der Waals surface area contributed by atoms with Crippen molar-refractivity contribution < 1.29 is 0 Å². The summed E-state index contributed by atoms with van der Waals surface area (Å²) in [6.45, 7) is 7.85. The quantitative estimate of drug-likeness (QED) is 0.455. The van der Waals surface area contributed by atoms with Gasteiger partial charge in [-0.3, -0.25) is 0 Å². The van der Waals surface area contributed by atoms with Crippen LogP contribution in [0.15, 0.2) is 48.7 Å². The summed E-state index contributed by atoms with van der Waals surface area (Å²) in [4.78, 5) is 0. The molecular formula is C10H12Si. The van der Waals surface area contributed by atoms with Gasteiger partial charge in [0, 0.05) is 10.2 Å². The minimum absolute atomic E-state index is 0.994. The predicted octanol–water partition coefficient (Wildman–Crippen LogP) is 1.58. The van der Waals surface area contributed by atoms with Crippen molar-refractivity contribution in [1.29, 1.82) is 0 Å². The highest BCUT2D eigenvalue weighted by molar-refractivity contribution is 6.29. The molecule has 0 atom stereocenters. The first-order chi connectivity index (χ1) is 5.22. The fraction of sp³-hybridized carbons (Fsp3) is 0. The van der Waals surface area contributed by atoms with Crippen LogP contribution in [0.3, 0.4) is 0 Å². The second kappa shape index (κ2) is 3.35. The van der Waals surface area contributed by atoms with Crippen LogP contribution in [0.1, 0.15) is 5.56 Å². The van der Waals surface area contributed by atoms with Gasteiger partial charge in [-0.05, 0) is 11.1 Å². The number of allylic oxidation sites excluding steroid dienone is 2. The Balaban J connectivity index is 2.95. The zero-order chi connectivity index (χ0) is 8.27. The van der Waals surface area contributed by atoms with Crippen molar-refractivity contribution in [3.63, 3.8) is 0 Å². The second-order valence-corrected chi connectivity index (χ2v) is 3.83. The maximum absolute atomic E-state index is 3.96. The van der Waals surface area contributed by atoms with E-state index in [2.05, 4.69) is 25.3 Å². The van der Waals surface area contributed by atoms with E-state index in [0.717, 1.165) is 21.0 Å². The Labute approximate surface area is 70.7 Å². The molecular weight excluding hydrogens is 148 g/mol. The van der Waals surface area contributed by atoms with Crippen molar-refractivity contribution in [3.05, 3.63) is 54.2 Å². The fourth-order valence-electron chi connectivity index (χ4n) is 0.886. The Morgan fingerprint density at radius 3 is 2.09 bits per heavy atom. The van der Waals surface area contributed by atoms with Gasteiger partial charge in [-0.25, -0.2) is 0 Å². The van der Waals surface area contributed by atoms with Crippen molar-refractivity contribution in [2.45, 2.75) is 0 Å². The average molecular weight is 160 g/mol. The third-order valence-electron chi connectivity index (χ3n) is 1.64. The van der Waals surface area contributed by atoms with E-state index in [0.29, 0.717) is 0 Å². The van der Waals surface area contributed by atoms with Gasteiger partial charge in [-0.15, -0.1) is 6.58 Å². The van der Waals surface area contributed by atoms with E-state index >= 15 is 0 Å². The summed E-state index contributed by atoms with van der Waals surface area (Å²) in [6.07, 6.45) is 0. The van der Waals surface area contributed by atoms with Crippen LogP contribution in [0.25, 0.3) is 5.57 Å². The molecule has 11 heavy (non-hydrogen) atoms. The molecule has 56 valence electrons. The van der Waals surface area contributed by atoms with Gasteiger partial charge in [0.2, 0.25) is 0 Å². The van der Waals surface area contributed by atoms with E-state index in [4.69, 9.17) is 0 Å². The van der Waals surface area contributed by atoms with Crippen molar-refractivity contribution in [2.75, 3.05) is 0 Å². The largest absolute Gasteiger partial charge is 0.100 e. The number of hydrogen-bond donors (Lipinski definition) is 0. The normalized spacial score (nSPS) is 9.45. The van der Waals surface area contributed by atoms with E-state index in [9.17, 15) is 0 Å². The first-order valence-corrected chi connectivity index (χ1v) is 4.62. The molecule has 0 nitrogen and oxygen atoms in total. The molecule has 0 unspecified atom stereocenters. The molecule has 0 aliphatic carbocycles. The average Bonchev–Trinajstić information content (AvgIpc) is 2.05. The van der Waals surface area contributed by atoms with E-state index < -0.39 is 0 Å². The molecule has 0 heterocycles. The predicted molar refractivity (Wildman–Crippen MR) is 54.6 cm³/mol. The number of benzene rings is 1. The molecule has 0 bridgehead atoms. The molecule has 0 fully saturated rings. The van der Waals surface area contributed by atoms with Crippen molar-refractivity contribution in [1.82, 2.24) is 0 Å². The summed E-state index contributed by atoms with van der Waals surface area (Å²) < 4.78 is 0. The first-order valence-electron chi connectivity index (χ1n) is 3.62. The third kappa shape index (κ3) is 1.92. The molecule has 0 N–H and O–H groups in total. The topological polar surface area (TPSA) is 0 Å². The fourth-order valence-corrected chi connectivity index (χ4v) is 1.17. The summed E-state index contributed by atoms with van der Waals surface area (Å²) in [5.41, 5.74) is 2.27. The van der Waals surface area contributed by atoms with Crippen molar-refractivity contribution >= 4 is 15.8 Å². The number of rotatable bonds is 2. The van der Waals surface area contributed by atoms with Gasteiger partial charge in [-0.2, -0.15) is 0 Å². The smallest absolute Gasteiger partial charge is 0.0385 e. The lowest BCUT2D eigenvalue weighted by Gasteiger charge is -2.03. The SMILES string of the molecule is C=C([SiH3])C(=C)c1ccccc1. The highest BCUT2D eigenvalue weighted by Crippen LogP contribution is 2.16. The van der Waals surface area contributed by atoms with Gasteiger partial charge in [0.25, 0.3) is 0 Å². The number of hydrogen-bond acceptors (Lipinski definition) is 0. The standard InChI is InChI=1S/C10H12Si/c1-8(9(2)11)10-6-4-3-5-7-10/h3-7H,1-2H2,11H3. The van der Waals surface area contributed by atoms with E-state index in [-0.39, 0.29) is 0 Å². The third-order valence-corrected chi connectivity index (χ3v) is 2.24. The van der Waals surface area contributed by atoms with Crippen molar-refractivity contribution in [2.24, 2.45) is 0 Å². The Kier molecular flexibility index (Phi) is 2.44. The van der Waals surface area contributed by atoms with Crippen LogP contribution in [0.2, 0.25) is 0 Å². The molecule has 0 aliphatic rings. The highest BCUT2D eigenvalue weighted by Gasteiger charge is 1.95. The molecule has 1 rings (SSSR count). The van der Waals surface area contributed by atoms with Gasteiger partial charge in [0.15, 0.2) is 0 Å². The van der Waals surface area contributed by atoms with Gasteiger partial charge in [0.1, 0.15) is 0 Å². The molecule has 1 aromatic carbocycles. The highest BCUT2D eigenvalue weighted by atomic mass is 28.1. The van der Waals surface area contributed by atoms with Crippen LogP contribution in [0, 0.1) is 0 Å². The van der Waals surface area contributed by atoms with Crippen LogP contribution < -0.4 is 0 Å². The maximum atomic E-state index is 3.96. The lowest BCUT2D eigenvalue weighted by molar-refractivity contribution is 1.62. The molecule has 0 spiro atoms. The first kappa shape index (κ1) is 8.02. The monoisotopic (exact) mass is 160 g/mol. The molecule has 0 aliphatic heterocycles. The molecule has 0 amide bonds. The Hall–Kier alpha value is -1.08. The molecule has 0 saturated heterocycles. The molecule has 1 heteroatoms. The summed E-state index contributed by atoms with van der Waals surface area (Å²) in [5.74, 6) is 0. The molecule has 0 aromatic heterocycles. The van der Waals surface area contributed by atoms with Crippen LogP contribution in [-0.4, -0.2) is 10.2 Å². The molecule has 0 saturated carbocycles. The van der Waals surface area contributed by atoms with E-state index in [1.54, 1.807) is 0 Å². The maximum Gasteiger partial charge on any atom is 0.0385 e. The minimum atomic E-state index is 0.994. The van der Waals surface area contributed by atoms with Crippen LogP contribution >= 0.6 is 0 Å². The zero-order valence-corrected chi connectivity index (χ0v) is 8.80. The summed E-state index contributed by atoms with van der Waals surface area (Å²) in [5, 5.41) is 1.16. The van der Waals surface area contributed by atoms with Gasteiger partial charge in [-0.1, -0.05) is 42.1 Å².